The third kappa shape index (κ3) is 13.0. The fourth-order valence-corrected chi connectivity index (χ4v) is 7.79. The van der Waals surface area contributed by atoms with Crippen LogP contribution in [0.25, 0.3) is 0 Å². The molecule has 50 heavy (non-hydrogen) atoms. The highest BCUT2D eigenvalue weighted by Gasteiger charge is 2.18. The van der Waals surface area contributed by atoms with Gasteiger partial charge in [-0.15, -0.1) is 0 Å². The van der Waals surface area contributed by atoms with Gasteiger partial charge in [0.1, 0.15) is 0 Å². The van der Waals surface area contributed by atoms with Crippen LogP contribution in [0.4, 0.5) is 11.4 Å². The molecule has 2 nitrogen and oxygen atoms in total. The van der Waals surface area contributed by atoms with Gasteiger partial charge in [0.2, 0.25) is 0 Å². The fourth-order valence-electron chi connectivity index (χ4n) is 7.79. The topological polar surface area (TPSA) is 52.0 Å². The molecule has 0 aliphatic carbocycles. The van der Waals surface area contributed by atoms with Crippen molar-refractivity contribution in [3.05, 3.63) is 130 Å². The smallest absolute Gasteiger partial charge is 0.0314 e. The summed E-state index contributed by atoms with van der Waals surface area (Å²) in [5.74, 6) is 1.35. The first kappa shape index (κ1) is 39.3. The third-order valence-electron chi connectivity index (χ3n) is 11.0. The predicted molar refractivity (Wildman–Crippen MR) is 220 cm³/mol. The number of benzene rings is 4. The first-order valence-corrected chi connectivity index (χ1v) is 20.4. The third-order valence-corrected chi connectivity index (χ3v) is 11.0. The Morgan fingerprint density at radius 3 is 1.08 bits per heavy atom. The van der Waals surface area contributed by atoms with E-state index in [4.69, 9.17) is 11.5 Å². The fraction of sp³-hybridized carbons (Fsp3) is 0.500. The van der Waals surface area contributed by atoms with Gasteiger partial charge in [0, 0.05) is 23.2 Å². The number of rotatable bonds is 24. The van der Waals surface area contributed by atoms with Gasteiger partial charge >= 0.3 is 0 Å². The molecule has 0 aliphatic heterocycles. The van der Waals surface area contributed by atoms with Gasteiger partial charge in [-0.25, -0.2) is 0 Å². The molecule has 4 N–H and O–H groups in total. The van der Waals surface area contributed by atoms with E-state index in [0.29, 0.717) is 17.8 Å². The lowest BCUT2D eigenvalue weighted by Crippen LogP contribution is -2.06. The molecule has 0 heterocycles. The van der Waals surface area contributed by atoms with Crippen LogP contribution in [-0.2, 0) is 6.42 Å². The summed E-state index contributed by atoms with van der Waals surface area (Å²) in [6, 6.07) is 36.4. The summed E-state index contributed by atoms with van der Waals surface area (Å²) in [5.41, 5.74) is 22.3. The molecule has 2 heteroatoms. The maximum atomic E-state index is 6.07. The lowest BCUT2D eigenvalue weighted by atomic mass is 9.83. The second-order valence-corrected chi connectivity index (χ2v) is 15.0. The molecular weight excluding hydrogens is 605 g/mol. The number of nitrogen functional groups attached to an aromatic ring is 2. The van der Waals surface area contributed by atoms with Gasteiger partial charge in [-0.2, -0.15) is 0 Å². The van der Waals surface area contributed by atoms with Crippen LogP contribution in [0, 0.1) is 0 Å². The summed E-state index contributed by atoms with van der Waals surface area (Å²) in [7, 11) is 0. The average molecular weight is 673 g/mol. The second-order valence-electron chi connectivity index (χ2n) is 15.0. The summed E-state index contributed by atoms with van der Waals surface area (Å²) in [4.78, 5) is 0. The average Bonchev–Trinajstić information content (AvgIpc) is 3.14. The Morgan fingerprint density at radius 2 is 0.700 bits per heavy atom. The van der Waals surface area contributed by atoms with E-state index >= 15 is 0 Å². The molecule has 0 aliphatic rings. The molecule has 4 rings (SSSR count). The van der Waals surface area contributed by atoms with E-state index < -0.39 is 0 Å². The normalized spacial score (nSPS) is 13.3. The molecular formula is C48H68N2. The molecule has 0 spiro atoms. The maximum absolute atomic E-state index is 6.07. The van der Waals surface area contributed by atoms with E-state index in [1.807, 2.05) is 0 Å². The van der Waals surface area contributed by atoms with Gasteiger partial charge in [-0.05, 0) is 89.2 Å². The quantitative estimate of drug-likeness (QED) is 0.0575. The molecule has 3 atom stereocenters. The zero-order valence-electron chi connectivity index (χ0n) is 31.9. The maximum Gasteiger partial charge on any atom is 0.0314 e. The Labute approximate surface area is 306 Å². The highest BCUT2D eigenvalue weighted by Crippen LogP contribution is 2.35. The molecule has 0 amide bonds. The molecule has 0 saturated carbocycles. The van der Waals surface area contributed by atoms with Gasteiger partial charge in [0.25, 0.3) is 0 Å². The van der Waals surface area contributed by atoms with Crippen molar-refractivity contribution >= 4 is 11.4 Å². The van der Waals surface area contributed by atoms with E-state index in [2.05, 4.69) is 118 Å². The minimum atomic E-state index is 0.419. The number of nitrogens with two attached hydrogens (primary N) is 2. The largest absolute Gasteiger partial charge is 0.399 e. The van der Waals surface area contributed by atoms with Crippen molar-refractivity contribution < 1.29 is 0 Å². The number of hydrogen-bond acceptors (Lipinski definition) is 2. The Bertz CT molecular complexity index is 1440. The predicted octanol–water partition coefficient (Wildman–Crippen LogP) is 14.1. The van der Waals surface area contributed by atoms with Crippen LogP contribution >= 0.6 is 0 Å². The minimum absolute atomic E-state index is 0.419. The summed E-state index contributed by atoms with van der Waals surface area (Å²) < 4.78 is 0. The van der Waals surface area contributed by atoms with Crippen LogP contribution in [0.1, 0.15) is 181 Å². The van der Waals surface area contributed by atoms with Crippen LogP contribution in [0.15, 0.2) is 97.1 Å². The first-order valence-electron chi connectivity index (χ1n) is 20.4. The SMILES string of the molecule is CCCCCCCCCC(c1ccc(N)cc1)c1ccc(CC(CC)c2ccc(C(CCCCCCCCC)c3ccc(N)cc3)cc2)cc1. The van der Waals surface area contributed by atoms with Crippen LogP contribution < -0.4 is 11.5 Å². The van der Waals surface area contributed by atoms with Crippen molar-refractivity contribution in [2.75, 3.05) is 11.5 Å². The number of unbranched alkanes of at least 4 members (excludes halogenated alkanes) is 12. The lowest BCUT2D eigenvalue weighted by Gasteiger charge is -2.21. The molecule has 0 radical (unpaired) electrons. The highest BCUT2D eigenvalue weighted by molar-refractivity contribution is 5.44. The summed E-state index contributed by atoms with van der Waals surface area (Å²) in [6.07, 6.45) is 23.4. The van der Waals surface area contributed by atoms with Crippen LogP contribution in [0.3, 0.4) is 0 Å². The van der Waals surface area contributed by atoms with E-state index in [-0.39, 0.29) is 0 Å². The Balaban J connectivity index is 1.40. The standard InChI is InChI=1S/C48H68N2/c1-4-7-9-11-13-15-17-19-47(43-29-33-45(49)34-30-43)41-23-21-38(22-24-41)37-39(6-3)40-25-27-42(28-26-40)48(44-31-35-46(50)36-32-44)20-18-16-14-12-10-8-5-2/h21-36,39,47-48H,4-20,37,49-50H2,1-3H3. The van der Waals surface area contributed by atoms with E-state index in [9.17, 15) is 0 Å². The van der Waals surface area contributed by atoms with Crippen LogP contribution in [0.2, 0.25) is 0 Å². The minimum Gasteiger partial charge on any atom is -0.399 e. The zero-order chi connectivity index (χ0) is 35.4. The lowest BCUT2D eigenvalue weighted by molar-refractivity contribution is 0.558. The Hall–Kier alpha value is -3.52. The van der Waals surface area contributed by atoms with Crippen molar-refractivity contribution in [2.24, 2.45) is 0 Å². The molecule has 270 valence electrons. The molecule has 0 bridgehead atoms. The van der Waals surface area contributed by atoms with E-state index in [0.717, 1.165) is 24.2 Å². The molecule has 4 aromatic rings. The molecule has 4 aromatic carbocycles. The van der Waals surface area contributed by atoms with Gasteiger partial charge in [0.05, 0.1) is 0 Å². The Morgan fingerprint density at radius 1 is 0.380 bits per heavy atom. The van der Waals surface area contributed by atoms with Gasteiger partial charge in [0.15, 0.2) is 0 Å². The monoisotopic (exact) mass is 673 g/mol. The van der Waals surface area contributed by atoms with E-state index in [1.165, 1.54) is 136 Å². The number of anilines is 2. The highest BCUT2D eigenvalue weighted by atomic mass is 14.5. The van der Waals surface area contributed by atoms with Crippen LogP contribution in [0.5, 0.6) is 0 Å². The van der Waals surface area contributed by atoms with Gasteiger partial charge < -0.3 is 11.5 Å². The van der Waals surface area contributed by atoms with Crippen LogP contribution in [-0.4, -0.2) is 0 Å². The first-order chi connectivity index (χ1) is 24.5. The van der Waals surface area contributed by atoms with Crippen molar-refractivity contribution in [1.82, 2.24) is 0 Å². The molecule has 0 fully saturated rings. The molecule has 0 saturated heterocycles. The van der Waals surface area contributed by atoms with Crippen molar-refractivity contribution in [3.8, 4) is 0 Å². The summed E-state index contributed by atoms with van der Waals surface area (Å²) >= 11 is 0. The van der Waals surface area contributed by atoms with Crippen molar-refractivity contribution in [1.29, 1.82) is 0 Å². The number of hydrogen-bond donors (Lipinski definition) is 2. The van der Waals surface area contributed by atoms with Gasteiger partial charge in [-0.3, -0.25) is 0 Å². The summed E-state index contributed by atoms with van der Waals surface area (Å²) in [6.45, 7) is 6.92. The van der Waals surface area contributed by atoms with Crippen molar-refractivity contribution in [2.45, 2.75) is 154 Å². The van der Waals surface area contributed by atoms with Gasteiger partial charge in [-0.1, -0.05) is 183 Å². The summed E-state index contributed by atoms with van der Waals surface area (Å²) in [5, 5.41) is 0. The molecule has 3 unspecified atom stereocenters. The Kier molecular flexibility index (Phi) is 17.5. The van der Waals surface area contributed by atoms with Crippen molar-refractivity contribution in [3.63, 3.8) is 0 Å². The zero-order valence-corrected chi connectivity index (χ0v) is 31.9. The van der Waals surface area contributed by atoms with E-state index in [1.54, 1.807) is 0 Å². The second kappa shape index (κ2) is 22.3. The molecule has 0 aromatic heterocycles.